The first-order chi connectivity index (χ1) is 10.1. The lowest BCUT2D eigenvalue weighted by molar-refractivity contribution is 0.0110. The number of hydrogen-bond donors (Lipinski definition) is 2. The predicted octanol–water partition coefficient (Wildman–Crippen LogP) is 3.36. The van der Waals surface area contributed by atoms with Gasteiger partial charge in [-0.25, -0.2) is 9.59 Å². The van der Waals surface area contributed by atoms with Crippen LogP contribution in [0.15, 0.2) is 17.5 Å². The van der Waals surface area contributed by atoms with Gasteiger partial charge in [-0.05, 0) is 49.6 Å². The number of rotatable bonds is 3. The summed E-state index contributed by atoms with van der Waals surface area (Å²) in [5, 5.41) is 14.7. The van der Waals surface area contributed by atoms with E-state index >= 15 is 0 Å². The van der Waals surface area contributed by atoms with Gasteiger partial charge in [-0.1, -0.05) is 0 Å². The summed E-state index contributed by atoms with van der Waals surface area (Å²) in [6.45, 7) is 0.132. The van der Waals surface area contributed by atoms with Gasteiger partial charge in [-0.2, -0.15) is 0 Å². The van der Waals surface area contributed by atoms with Crippen LogP contribution in [0.4, 0.5) is 14.6 Å². The molecule has 2 amide bonds. The summed E-state index contributed by atoms with van der Waals surface area (Å²) in [4.78, 5) is 24.8. The molecule has 2 aliphatic rings. The number of piperidine rings is 1. The zero-order valence-electron chi connectivity index (χ0n) is 11.6. The van der Waals surface area contributed by atoms with E-state index in [9.17, 15) is 14.7 Å². The molecule has 21 heavy (non-hydrogen) atoms. The van der Waals surface area contributed by atoms with Crippen LogP contribution >= 0.6 is 11.3 Å². The maximum Gasteiger partial charge on any atom is 0.412 e. The van der Waals surface area contributed by atoms with Crippen molar-refractivity contribution in [2.75, 3.05) is 11.9 Å². The van der Waals surface area contributed by atoms with E-state index in [1.807, 2.05) is 11.4 Å². The van der Waals surface area contributed by atoms with Crippen molar-refractivity contribution in [3.63, 3.8) is 0 Å². The SMILES string of the molecule is O=C(Nc1cccs1)OC[C@]12CCC[C@H](CC1)N2C(=O)O. The fourth-order valence-electron chi connectivity index (χ4n) is 3.52. The number of fused-ring (bicyclic) bond motifs is 2. The molecule has 2 atom stereocenters. The Kier molecular flexibility index (Phi) is 3.75. The molecule has 6 nitrogen and oxygen atoms in total. The summed E-state index contributed by atoms with van der Waals surface area (Å²) in [6, 6.07) is 3.72. The van der Waals surface area contributed by atoms with Crippen LogP contribution < -0.4 is 5.32 Å². The molecule has 2 bridgehead atoms. The maximum absolute atomic E-state index is 11.8. The number of anilines is 1. The standard InChI is InChI=1S/C14H18N2O4S/c17-12(15-11-4-2-8-21-11)20-9-14-6-1-3-10(5-7-14)16(14)13(18)19/h2,4,8,10H,1,3,5-7,9H2,(H,15,17)(H,18,19)/t10-,14+/m1/s1. The third-order valence-electron chi connectivity index (χ3n) is 4.42. The van der Waals surface area contributed by atoms with Crippen LogP contribution in [0.5, 0.6) is 0 Å². The van der Waals surface area contributed by atoms with E-state index < -0.39 is 17.7 Å². The Hall–Kier alpha value is -1.76. The van der Waals surface area contributed by atoms with E-state index in [2.05, 4.69) is 5.32 Å². The number of thiophene rings is 1. The molecule has 0 aromatic carbocycles. The molecule has 0 spiro atoms. The molecule has 7 heteroatoms. The van der Waals surface area contributed by atoms with Crippen molar-refractivity contribution in [1.82, 2.24) is 4.90 Å². The second-order valence-corrected chi connectivity index (χ2v) is 6.59. The average molecular weight is 310 g/mol. The van der Waals surface area contributed by atoms with Crippen molar-refractivity contribution < 1.29 is 19.4 Å². The summed E-state index contributed by atoms with van der Waals surface area (Å²) in [5.74, 6) is 0. The largest absolute Gasteiger partial charge is 0.465 e. The molecule has 2 saturated heterocycles. The van der Waals surface area contributed by atoms with Crippen LogP contribution in [0.1, 0.15) is 32.1 Å². The third-order valence-corrected chi connectivity index (χ3v) is 5.21. The van der Waals surface area contributed by atoms with Crippen LogP contribution in [0.25, 0.3) is 0 Å². The Morgan fingerprint density at radius 3 is 3.05 bits per heavy atom. The number of carboxylic acid groups (broad SMARTS) is 1. The van der Waals surface area contributed by atoms with Crippen LogP contribution in [0.3, 0.4) is 0 Å². The third kappa shape index (κ3) is 2.70. The van der Waals surface area contributed by atoms with Gasteiger partial charge in [0.2, 0.25) is 0 Å². The van der Waals surface area contributed by atoms with Crippen LogP contribution in [-0.2, 0) is 4.74 Å². The zero-order valence-corrected chi connectivity index (χ0v) is 12.4. The Bertz CT molecular complexity index is 529. The van der Waals surface area contributed by atoms with E-state index in [0.29, 0.717) is 0 Å². The van der Waals surface area contributed by atoms with Crippen molar-refractivity contribution in [3.8, 4) is 0 Å². The number of amides is 2. The minimum Gasteiger partial charge on any atom is -0.465 e. The Balaban J connectivity index is 1.63. The van der Waals surface area contributed by atoms with Gasteiger partial charge in [0.1, 0.15) is 6.61 Å². The lowest BCUT2D eigenvalue weighted by Crippen LogP contribution is -2.55. The number of carbonyl (C=O) groups is 2. The molecule has 1 aromatic rings. The van der Waals surface area contributed by atoms with Crippen molar-refractivity contribution in [2.45, 2.75) is 43.7 Å². The van der Waals surface area contributed by atoms with Gasteiger partial charge in [-0.3, -0.25) is 10.2 Å². The Morgan fingerprint density at radius 2 is 2.33 bits per heavy atom. The molecule has 0 radical (unpaired) electrons. The smallest absolute Gasteiger partial charge is 0.412 e. The predicted molar refractivity (Wildman–Crippen MR) is 78.8 cm³/mol. The van der Waals surface area contributed by atoms with Gasteiger partial charge >= 0.3 is 12.2 Å². The highest BCUT2D eigenvalue weighted by atomic mass is 32.1. The lowest BCUT2D eigenvalue weighted by Gasteiger charge is -2.42. The van der Waals surface area contributed by atoms with Gasteiger partial charge in [-0.15, -0.1) is 11.3 Å². The Morgan fingerprint density at radius 1 is 1.48 bits per heavy atom. The molecule has 2 N–H and O–H groups in total. The zero-order chi connectivity index (χ0) is 14.9. The van der Waals surface area contributed by atoms with Crippen molar-refractivity contribution in [2.24, 2.45) is 0 Å². The summed E-state index contributed by atoms with van der Waals surface area (Å²) >= 11 is 1.41. The summed E-state index contributed by atoms with van der Waals surface area (Å²) in [5.41, 5.74) is -0.526. The highest BCUT2D eigenvalue weighted by Crippen LogP contribution is 2.44. The maximum atomic E-state index is 11.8. The van der Waals surface area contributed by atoms with E-state index in [1.165, 1.54) is 16.2 Å². The van der Waals surface area contributed by atoms with E-state index in [0.717, 1.165) is 37.1 Å². The molecule has 114 valence electrons. The molecule has 2 aliphatic heterocycles. The molecule has 1 aromatic heterocycles. The van der Waals surface area contributed by atoms with E-state index in [1.54, 1.807) is 6.07 Å². The first kappa shape index (κ1) is 14.2. The molecule has 0 aliphatic carbocycles. The number of ether oxygens (including phenoxy) is 1. The van der Waals surface area contributed by atoms with Gasteiger partial charge in [0, 0.05) is 6.04 Å². The summed E-state index contributed by atoms with van der Waals surface area (Å²) in [6.07, 6.45) is 2.88. The minimum atomic E-state index is -0.903. The highest BCUT2D eigenvalue weighted by Gasteiger charge is 2.52. The Labute approximate surface area is 126 Å². The minimum absolute atomic E-state index is 0.0835. The quantitative estimate of drug-likeness (QED) is 0.897. The topological polar surface area (TPSA) is 78.9 Å². The van der Waals surface area contributed by atoms with Crippen molar-refractivity contribution >= 4 is 28.5 Å². The van der Waals surface area contributed by atoms with Crippen molar-refractivity contribution in [1.29, 1.82) is 0 Å². The molecular weight excluding hydrogens is 292 g/mol. The number of nitrogens with one attached hydrogen (secondary N) is 1. The molecule has 0 unspecified atom stereocenters. The van der Waals surface area contributed by atoms with Gasteiger partial charge in [0.15, 0.2) is 0 Å². The van der Waals surface area contributed by atoms with Crippen molar-refractivity contribution in [3.05, 3.63) is 17.5 Å². The normalized spacial score (nSPS) is 27.4. The average Bonchev–Trinajstić information content (AvgIpc) is 3.02. The van der Waals surface area contributed by atoms with Gasteiger partial charge < -0.3 is 9.84 Å². The monoisotopic (exact) mass is 310 g/mol. The van der Waals surface area contributed by atoms with Gasteiger partial charge in [0.25, 0.3) is 0 Å². The molecule has 3 heterocycles. The highest BCUT2D eigenvalue weighted by molar-refractivity contribution is 7.14. The summed E-state index contributed by atoms with van der Waals surface area (Å²) in [7, 11) is 0. The molecular formula is C14H18N2O4S. The molecule has 2 fully saturated rings. The number of hydrogen-bond acceptors (Lipinski definition) is 4. The fraction of sp³-hybridized carbons (Fsp3) is 0.571. The first-order valence-electron chi connectivity index (χ1n) is 7.10. The number of nitrogens with zero attached hydrogens (tertiary/aromatic N) is 1. The van der Waals surface area contributed by atoms with Crippen LogP contribution in [0, 0.1) is 0 Å². The second kappa shape index (κ2) is 5.55. The summed E-state index contributed by atoms with van der Waals surface area (Å²) < 4.78 is 5.31. The fourth-order valence-corrected chi connectivity index (χ4v) is 4.12. The number of carbonyl (C=O) groups excluding carboxylic acids is 1. The van der Waals surface area contributed by atoms with Crippen LogP contribution in [0.2, 0.25) is 0 Å². The second-order valence-electron chi connectivity index (χ2n) is 5.64. The molecule has 0 saturated carbocycles. The first-order valence-corrected chi connectivity index (χ1v) is 7.98. The van der Waals surface area contributed by atoms with Gasteiger partial charge in [0.05, 0.1) is 10.5 Å². The lowest BCUT2D eigenvalue weighted by atomic mass is 9.89. The van der Waals surface area contributed by atoms with E-state index in [4.69, 9.17) is 4.74 Å². The van der Waals surface area contributed by atoms with Crippen LogP contribution in [-0.4, -0.2) is 40.4 Å². The van der Waals surface area contributed by atoms with E-state index in [-0.39, 0.29) is 12.6 Å². The molecule has 3 rings (SSSR count).